The van der Waals surface area contributed by atoms with Gasteiger partial charge in [0.15, 0.2) is 5.17 Å². The van der Waals surface area contributed by atoms with E-state index in [-0.39, 0.29) is 5.54 Å². The molecule has 2 rings (SSSR count). The molecular weight excluding hydrogens is 220 g/mol. The summed E-state index contributed by atoms with van der Waals surface area (Å²) in [7, 11) is 1.80. The summed E-state index contributed by atoms with van der Waals surface area (Å²) in [4.78, 5) is 4.81. The van der Waals surface area contributed by atoms with Gasteiger partial charge in [-0.1, -0.05) is 18.7 Å². The Labute approximate surface area is 102 Å². The molecule has 2 fully saturated rings. The topological polar surface area (TPSA) is 33.6 Å². The second kappa shape index (κ2) is 4.96. The van der Waals surface area contributed by atoms with Crippen molar-refractivity contribution in [3.05, 3.63) is 0 Å². The number of thioether (sulfide) groups is 1. The van der Waals surface area contributed by atoms with E-state index < -0.39 is 0 Å². The van der Waals surface area contributed by atoms with Crippen LogP contribution in [0, 0.1) is 0 Å². The van der Waals surface area contributed by atoms with Crippen molar-refractivity contribution >= 4 is 16.9 Å². The number of hydrogen-bond acceptors (Lipinski definition) is 3. The van der Waals surface area contributed by atoms with E-state index >= 15 is 0 Å². The van der Waals surface area contributed by atoms with Crippen LogP contribution in [-0.2, 0) is 4.74 Å². The summed E-state index contributed by atoms with van der Waals surface area (Å²) in [5.74, 6) is 1.14. The molecule has 92 valence electrons. The number of hydrogen-bond donors (Lipinski definition) is 1. The zero-order valence-corrected chi connectivity index (χ0v) is 11.3. The number of amidine groups is 1. The second-order valence-corrected chi connectivity index (χ2v) is 6.05. The molecule has 0 bridgehead atoms. The third kappa shape index (κ3) is 2.72. The number of ether oxygens (including phenoxy) is 1. The van der Waals surface area contributed by atoms with E-state index in [1.807, 2.05) is 11.8 Å². The third-order valence-electron chi connectivity index (χ3n) is 3.71. The normalized spacial score (nSPS) is 41.6. The Balaban J connectivity index is 1.90. The van der Waals surface area contributed by atoms with Gasteiger partial charge >= 0.3 is 0 Å². The Bertz CT molecular complexity index is 282. The van der Waals surface area contributed by atoms with E-state index in [1.165, 1.54) is 6.42 Å². The van der Waals surface area contributed by atoms with Crippen LogP contribution in [0.2, 0.25) is 0 Å². The van der Waals surface area contributed by atoms with Gasteiger partial charge in [-0.3, -0.25) is 4.99 Å². The van der Waals surface area contributed by atoms with Crippen LogP contribution in [0.1, 0.15) is 39.5 Å². The van der Waals surface area contributed by atoms with Crippen molar-refractivity contribution in [1.82, 2.24) is 5.32 Å². The Morgan fingerprint density at radius 2 is 2.38 bits per heavy atom. The van der Waals surface area contributed by atoms with Crippen LogP contribution < -0.4 is 5.32 Å². The Hall–Kier alpha value is -0.220. The molecule has 3 unspecified atom stereocenters. The van der Waals surface area contributed by atoms with Crippen molar-refractivity contribution in [2.45, 2.75) is 57.2 Å². The summed E-state index contributed by atoms with van der Waals surface area (Å²) in [6, 6.07) is 0.471. The first kappa shape index (κ1) is 12.2. The Morgan fingerprint density at radius 1 is 1.56 bits per heavy atom. The first-order valence-electron chi connectivity index (χ1n) is 6.17. The summed E-state index contributed by atoms with van der Waals surface area (Å²) in [5.41, 5.74) is 0.253. The maximum Gasteiger partial charge on any atom is 0.157 e. The average Bonchev–Trinajstić information content (AvgIpc) is 2.87. The van der Waals surface area contributed by atoms with Crippen molar-refractivity contribution in [2.24, 2.45) is 4.99 Å². The van der Waals surface area contributed by atoms with Gasteiger partial charge in [0, 0.05) is 18.4 Å². The van der Waals surface area contributed by atoms with E-state index in [0.29, 0.717) is 12.1 Å². The van der Waals surface area contributed by atoms with Crippen molar-refractivity contribution in [2.75, 3.05) is 12.9 Å². The zero-order chi connectivity index (χ0) is 11.6. The van der Waals surface area contributed by atoms with Gasteiger partial charge < -0.3 is 10.1 Å². The highest BCUT2D eigenvalue weighted by Gasteiger charge is 2.32. The lowest BCUT2D eigenvalue weighted by atomic mass is 10.0. The van der Waals surface area contributed by atoms with Crippen LogP contribution in [-0.4, -0.2) is 35.7 Å². The van der Waals surface area contributed by atoms with Gasteiger partial charge in [-0.05, 0) is 32.6 Å². The standard InChI is InChI=1S/C12H22N2OS/c1-4-12(2)8-16-11(14-12)13-9-5-6-10(7-9)15-3/h9-10H,4-8H2,1-3H3,(H,13,14). The quantitative estimate of drug-likeness (QED) is 0.825. The van der Waals surface area contributed by atoms with Crippen LogP contribution in [0.5, 0.6) is 0 Å². The lowest BCUT2D eigenvalue weighted by Gasteiger charge is -2.21. The molecule has 0 spiro atoms. The molecule has 1 aliphatic carbocycles. The summed E-state index contributed by atoms with van der Waals surface area (Å²) in [5, 5.41) is 4.69. The molecule has 0 aromatic carbocycles. The summed E-state index contributed by atoms with van der Waals surface area (Å²) in [6.45, 7) is 4.50. The molecule has 16 heavy (non-hydrogen) atoms. The lowest BCUT2D eigenvalue weighted by Crippen LogP contribution is -2.39. The summed E-state index contributed by atoms with van der Waals surface area (Å²) in [6.07, 6.45) is 5.01. The Morgan fingerprint density at radius 3 is 2.94 bits per heavy atom. The molecular formula is C12H22N2OS. The zero-order valence-electron chi connectivity index (χ0n) is 10.5. The average molecular weight is 242 g/mol. The highest BCUT2D eigenvalue weighted by molar-refractivity contribution is 8.14. The molecule has 3 nitrogen and oxygen atoms in total. The fourth-order valence-corrected chi connectivity index (χ4v) is 3.51. The van der Waals surface area contributed by atoms with Crippen LogP contribution in [0.4, 0.5) is 0 Å². The summed E-state index contributed by atoms with van der Waals surface area (Å²) >= 11 is 1.87. The molecule has 4 heteroatoms. The van der Waals surface area contributed by atoms with E-state index in [4.69, 9.17) is 9.73 Å². The molecule has 0 radical (unpaired) electrons. The first-order valence-corrected chi connectivity index (χ1v) is 7.15. The lowest BCUT2D eigenvalue weighted by molar-refractivity contribution is 0.108. The maximum atomic E-state index is 5.37. The molecule has 0 aromatic rings. The molecule has 1 aliphatic heterocycles. The van der Waals surface area contributed by atoms with Gasteiger partial charge in [-0.2, -0.15) is 0 Å². The second-order valence-electron chi connectivity index (χ2n) is 5.09. The monoisotopic (exact) mass is 242 g/mol. The van der Waals surface area contributed by atoms with Crippen LogP contribution in [0.3, 0.4) is 0 Å². The SMILES string of the molecule is CCC1(C)CSC(=NC2CCC(OC)C2)N1. The van der Waals surface area contributed by atoms with Gasteiger partial charge in [0.2, 0.25) is 0 Å². The van der Waals surface area contributed by atoms with E-state index in [0.717, 1.165) is 30.2 Å². The van der Waals surface area contributed by atoms with Crippen molar-refractivity contribution in [1.29, 1.82) is 0 Å². The van der Waals surface area contributed by atoms with E-state index in [2.05, 4.69) is 19.2 Å². The molecule has 1 N–H and O–H groups in total. The molecule has 0 aromatic heterocycles. The minimum absolute atomic E-state index is 0.253. The molecule has 3 atom stereocenters. The third-order valence-corrected chi connectivity index (χ3v) is 4.97. The minimum atomic E-state index is 0.253. The molecule has 1 heterocycles. The number of methoxy groups -OCH3 is 1. The highest BCUT2D eigenvalue weighted by atomic mass is 32.2. The number of rotatable bonds is 3. The fraction of sp³-hybridized carbons (Fsp3) is 0.917. The van der Waals surface area contributed by atoms with E-state index in [1.54, 1.807) is 7.11 Å². The van der Waals surface area contributed by atoms with Gasteiger partial charge in [0.05, 0.1) is 12.1 Å². The van der Waals surface area contributed by atoms with Crippen LogP contribution in [0.25, 0.3) is 0 Å². The first-order chi connectivity index (χ1) is 7.65. The van der Waals surface area contributed by atoms with Crippen molar-refractivity contribution in [3.63, 3.8) is 0 Å². The number of nitrogens with one attached hydrogen (secondary N) is 1. The van der Waals surface area contributed by atoms with E-state index in [9.17, 15) is 0 Å². The van der Waals surface area contributed by atoms with Crippen LogP contribution in [0.15, 0.2) is 4.99 Å². The number of nitrogens with zero attached hydrogens (tertiary/aromatic N) is 1. The predicted molar refractivity (Wildman–Crippen MR) is 70.2 cm³/mol. The molecule has 0 amide bonds. The predicted octanol–water partition coefficient (Wildman–Crippen LogP) is 2.42. The Kier molecular flexibility index (Phi) is 3.80. The fourth-order valence-electron chi connectivity index (χ4n) is 2.23. The van der Waals surface area contributed by atoms with Crippen LogP contribution >= 0.6 is 11.8 Å². The highest BCUT2D eigenvalue weighted by Crippen LogP contribution is 2.29. The largest absolute Gasteiger partial charge is 0.381 e. The molecule has 2 aliphatic rings. The van der Waals surface area contributed by atoms with Gasteiger partial charge in [0.1, 0.15) is 0 Å². The van der Waals surface area contributed by atoms with Gasteiger partial charge in [0.25, 0.3) is 0 Å². The molecule has 1 saturated heterocycles. The number of aliphatic imine (C=N–C) groups is 1. The van der Waals surface area contributed by atoms with Crippen molar-refractivity contribution < 1.29 is 4.74 Å². The maximum absolute atomic E-state index is 5.37. The smallest absolute Gasteiger partial charge is 0.157 e. The summed E-state index contributed by atoms with van der Waals surface area (Å²) < 4.78 is 5.37. The minimum Gasteiger partial charge on any atom is -0.381 e. The van der Waals surface area contributed by atoms with Gasteiger partial charge in [-0.15, -0.1) is 0 Å². The molecule has 1 saturated carbocycles. The van der Waals surface area contributed by atoms with Crippen molar-refractivity contribution in [3.8, 4) is 0 Å². The van der Waals surface area contributed by atoms with Gasteiger partial charge in [-0.25, -0.2) is 0 Å².